The average Bonchev–Trinajstić information content (AvgIpc) is 2.01. The second-order valence-corrected chi connectivity index (χ2v) is 4.20. The molecular formula is C10H17NO. The molecule has 0 aromatic rings. The second kappa shape index (κ2) is 3.30. The van der Waals surface area contributed by atoms with E-state index >= 15 is 0 Å². The lowest BCUT2D eigenvalue weighted by atomic mass is 9.79. The summed E-state index contributed by atoms with van der Waals surface area (Å²) in [4.78, 5) is 0. The highest BCUT2D eigenvalue weighted by molar-refractivity contribution is 5.97. The predicted molar refractivity (Wildman–Crippen MR) is 50.6 cm³/mol. The molecule has 0 fully saturated rings. The van der Waals surface area contributed by atoms with Crippen molar-refractivity contribution in [2.45, 2.75) is 40.0 Å². The van der Waals surface area contributed by atoms with Gasteiger partial charge in [0, 0.05) is 0 Å². The number of allylic oxidation sites excluding steroid dienone is 2. The van der Waals surface area contributed by atoms with E-state index in [2.05, 4.69) is 25.1 Å². The van der Waals surface area contributed by atoms with Gasteiger partial charge in [0.1, 0.15) is 0 Å². The topological polar surface area (TPSA) is 32.6 Å². The van der Waals surface area contributed by atoms with Crippen molar-refractivity contribution in [3.05, 3.63) is 11.6 Å². The van der Waals surface area contributed by atoms with Gasteiger partial charge in [-0.25, -0.2) is 0 Å². The summed E-state index contributed by atoms with van der Waals surface area (Å²) in [6.45, 7) is 6.29. The van der Waals surface area contributed by atoms with Crippen LogP contribution in [-0.4, -0.2) is 10.9 Å². The van der Waals surface area contributed by atoms with Crippen LogP contribution in [0.4, 0.5) is 0 Å². The van der Waals surface area contributed by atoms with E-state index in [-0.39, 0.29) is 5.41 Å². The third-order valence-electron chi connectivity index (χ3n) is 2.45. The lowest BCUT2D eigenvalue weighted by Gasteiger charge is -2.27. The van der Waals surface area contributed by atoms with Crippen molar-refractivity contribution < 1.29 is 5.21 Å². The van der Waals surface area contributed by atoms with Gasteiger partial charge in [-0.05, 0) is 37.2 Å². The van der Waals surface area contributed by atoms with Gasteiger partial charge in [0.05, 0.1) is 5.71 Å². The van der Waals surface area contributed by atoms with E-state index in [1.807, 2.05) is 6.92 Å². The zero-order chi connectivity index (χ0) is 9.19. The van der Waals surface area contributed by atoms with Crippen molar-refractivity contribution >= 4 is 5.71 Å². The van der Waals surface area contributed by atoms with E-state index in [1.165, 1.54) is 18.4 Å². The van der Waals surface area contributed by atoms with Gasteiger partial charge in [0.25, 0.3) is 0 Å². The molecule has 1 aliphatic carbocycles. The van der Waals surface area contributed by atoms with Crippen molar-refractivity contribution in [1.29, 1.82) is 0 Å². The summed E-state index contributed by atoms with van der Waals surface area (Å²) in [5.41, 5.74) is 2.25. The van der Waals surface area contributed by atoms with Crippen molar-refractivity contribution in [3.63, 3.8) is 0 Å². The van der Waals surface area contributed by atoms with Crippen molar-refractivity contribution in [2.75, 3.05) is 0 Å². The highest BCUT2D eigenvalue weighted by Gasteiger charge is 2.21. The maximum Gasteiger partial charge on any atom is 0.0793 e. The normalized spacial score (nSPS) is 23.6. The Morgan fingerprint density at radius 2 is 2.25 bits per heavy atom. The maximum absolute atomic E-state index is 8.60. The Balaban J connectivity index is 2.85. The molecule has 2 nitrogen and oxygen atoms in total. The first-order chi connectivity index (χ1) is 5.55. The van der Waals surface area contributed by atoms with Gasteiger partial charge in [-0.2, -0.15) is 0 Å². The zero-order valence-corrected chi connectivity index (χ0v) is 8.09. The van der Waals surface area contributed by atoms with Gasteiger partial charge in [0.15, 0.2) is 0 Å². The van der Waals surface area contributed by atoms with Gasteiger partial charge >= 0.3 is 0 Å². The third-order valence-corrected chi connectivity index (χ3v) is 2.45. The lowest BCUT2D eigenvalue weighted by Crippen LogP contribution is -2.15. The molecule has 2 heteroatoms. The van der Waals surface area contributed by atoms with Crippen molar-refractivity contribution in [2.24, 2.45) is 10.6 Å². The smallest absolute Gasteiger partial charge is 0.0793 e. The summed E-state index contributed by atoms with van der Waals surface area (Å²) in [5, 5.41) is 11.8. The summed E-state index contributed by atoms with van der Waals surface area (Å²) in [6.07, 6.45) is 5.71. The van der Waals surface area contributed by atoms with E-state index in [0.29, 0.717) is 0 Å². The van der Waals surface area contributed by atoms with Crippen LogP contribution in [0.1, 0.15) is 40.0 Å². The molecule has 0 heterocycles. The molecule has 0 radical (unpaired) electrons. The molecule has 0 bridgehead atoms. The maximum atomic E-state index is 8.60. The van der Waals surface area contributed by atoms with Crippen molar-refractivity contribution in [3.8, 4) is 0 Å². The number of rotatable bonds is 1. The van der Waals surface area contributed by atoms with Crippen LogP contribution in [0.3, 0.4) is 0 Å². The Labute approximate surface area is 74.0 Å². The summed E-state index contributed by atoms with van der Waals surface area (Å²) in [5.74, 6) is 0. The third kappa shape index (κ3) is 2.10. The van der Waals surface area contributed by atoms with Crippen LogP contribution in [0.2, 0.25) is 0 Å². The molecule has 0 aromatic heterocycles. The summed E-state index contributed by atoms with van der Waals surface area (Å²) in [6, 6.07) is 0. The average molecular weight is 167 g/mol. The van der Waals surface area contributed by atoms with Crippen LogP contribution >= 0.6 is 0 Å². The van der Waals surface area contributed by atoms with E-state index in [9.17, 15) is 0 Å². The minimum Gasteiger partial charge on any atom is -0.411 e. The Morgan fingerprint density at radius 3 is 2.75 bits per heavy atom. The first-order valence-electron chi connectivity index (χ1n) is 4.46. The predicted octanol–water partition coefficient (Wildman–Crippen LogP) is 2.97. The summed E-state index contributed by atoms with van der Waals surface area (Å²) in [7, 11) is 0. The quantitative estimate of drug-likeness (QED) is 0.363. The standard InChI is InChI=1S/C10H17NO/c1-8(11-12)9-5-4-6-10(2,3)7-9/h7,12H,4-6H2,1-3H3. The molecular weight excluding hydrogens is 150 g/mol. The minimum atomic E-state index is 0.277. The Kier molecular flexibility index (Phi) is 2.55. The van der Waals surface area contributed by atoms with Crippen LogP contribution in [0.15, 0.2) is 16.8 Å². The Morgan fingerprint density at radius 1 is 1.58 bits per heavy atom. The van der Waals surface area contributed by atoms with Gasteiger partial charge in [-0.1, -0.05) is 25.1 Å². The van der Waals surface area contributed by atoms with E-state index in [1.54, 1.807) is 0 Å². The van der Waals surface area contributed by atoms with Gasteiger partial charge in [0.2, 0.25) is 0 Å². The summed E-state index contributed by atoms with van der Waals surface area (Å²) >= 11 is 0. The molecule has 0 unspecified atom stereocenters. The molecule has 1 rings (SSSR count). The van der Waals surface area contributed by atoms with Crippen molar-refractivity contribution in [1.82, 2.24) is 0 Å². The molecule has 0 aliphatic heterocycles. The Bertz CT molecular complexity index is 226. The summed E-state index contributed by atoms with van der Waals surface area (Å²) < 4.78 is 0. The molecule has 0 amide bonds. The molecule has 12 heavy (non-hydrogen) atoms. The lowest BCUT2D eigenvalue weighted by molar-refractivity contribution is 0.318. The molecule has 0 spiro atoms. The molecule has 0 aromatic carbocycles. The molecule has 0 saturated heterocycles. The number of nitrogens with zero attached hydrogens (tertiary/aromatic N) is 1. The first-order valence-corrected chi connectivity index (χ1v) is 4.46. The molecule has 68 valence electrons. The number of hydrogen-bond acceptors (Lipinski definition) is 2. The van der Waals surface area contributed by atoms with Crippen LogP contribution in [0.25, 0.3) is 0 Å². The molecule has 0 saturated carbocycles. The molecule has 0 atom stereocenters. The Hall–Kier alpha value is -0.790. The monoisotopic (exact) mass is 167 g/mol. The minimum absolute atomic E-state index is 0.277. The fourth-order valence-electron chi connectivity index (χ4n) is 1.70. The van der Waals surface area contributed by atoms with Crippen LogP contribution in [0.5, 0.6) is 0 Å². The largest absolute Gasteiger partial charge is 0.411 e. The fraction of sp³-hybridized carbons (Fsp3) is 0.700. The van der Waals surface area contributed by atoms with Gasteiger partial charge < -0.3 is 5.21 Å². The van der Waals surface area contributed by atoms with Crippen LogP contribution < -0.4 is 0 Å². The molecule has 1 aliphatic rings. The fourth-order valence-corrected chi connectivity index (χ4v) is 1.70. The highest BCUT2D eigenvalue weighted by Crippen LogP contribution is 2.33. The highest BCUT2D eigenvalue weighted by atomic mass is 16.4. The SMILES string of the molecule is CC(=NO)C1=CC(C)(C)CCC1. The van der Waals surface area contributed by atoms with E-state index < -0.39 is 0 Å². The van der Waals surface area contributed by atoms with Crippen LogP contribution in [-0.2, 0) is 0 Å². The molecule has 1 N–H and O–H groups in total. The number of oxime groups is 1. The van der Waals surface area contributed by atoms with E-state index in [0.717, 1.165) is 12.1 Å². The number of hydrogen-bond donors (Lipinski definition) is 1. The van der Waals surface area contributed by atoms with Gasteiger partial charge in [-0.3, -0.25) is 0 Å². The zero-order valence-electron chi connectivity index (χ0n) is 8.09. The first kappa shape index (κ1) is 9.30. The van der Waals surface area contributed by atoms with Crippen LogP contribution in [0, 0.1) is 5.41 Å². The van der Waals surface area contributed by atoms with E-state index in [4.69, 9.17) is 5.21 Å². The second-order valence-electron chi connectivity index (χ2n) is 4.20. The van der Waals surface area contributed by atoms with Gasteiger partial charge in [-0.15, -0.1) is 0 Å².